The lowest BCUT2D eigenvalue weighted by Gasteiger charge is -2.06. The van der Waals surface area contributed by atoms with Crippen LogP contribution in [0.1, 0.15) is 28.7 Å². The fourth-order valence-electron chi connectivity index (χ4n) is 1.76. The van der Waals surface area contributed by atoms with Crippen molar-refractivity contribution >= 4 is 5.91 Å². The second-order valence-electron chi connectivity index (χ2n) is 4.66. The summed E-state index contributed by atoms with van der Waals surface area (Å²) in [4.78, 5) is 16.1. The van der Waals surface area contributed by atoms with Crippen LogP contribution in [0.25, 0.3) is 0 Å². The van der Waals surface area contributed by atoms with E-state index >= 15 is 0 Å². The van der Waals surface area contributed by atoms with Crippen LogP contribution in [0, 0.1) is 0 Å². The third kappa shape index (κ3) is 4.56. The van der Waals surface area contributed by atoms with Gasteiger partial charge in [-0.3, -0.25) is 9.89 Å². The lowest BCUT2D eigenvalue weighted by atomic mass is 10.2. The van der Waals surface area contributed by atoms with Crippen molar-refractivity contribution in [1.82, 2.24) is 20.5 Å². The van der Waals surface area contributed by atoms with Crippen LogP contribution in [0.4, 0.5) is 0 Å². The Balaban J connectivity index is 1.82. The number of ether oxygens (including phenoxy) is 2. The SMILES string of the molecule is CCc1cc(C(=O)NCc2ccc(OCCOC)nc2)n[nH]1. The number of nitrogens with one attached hydrogen (secondary N) is 2. The van der Waals surface area contributed by atoms with Crippen LogP contribution in [-0.2, 0) is 17.7 Å². The van der Waals surface area contributed by atoms with E-state index in [1.165, 1.54) is 0 Å². The first-order chi connectivity index (χ1) is 10.7. The van der Waals surface area contributed by atoms with Crippen molar-refractivity contribution in [2.45, 2.75) is 19.9 Å². The highest BCUT2D eigenvalue weighted by molar-refractivity contribution is 5.92. The van der Waals surface area contributed by atoms with E-state index in [-0.39, 0.29) is 5.91 Å². The second kappa shape index (κ2) is 8.14. The van der Waals surface area contributed by atoms with Crippen molar-refractivity contribution in [3.63, 3.8) is 0 Å². The van der Waals surface area contributed by atoms with E-state index in [4.69, 9.17) is 9.47 Å². The number of aromatic nitrogens is 3. The Hall–Kier alpha value is -2.41. The molecule has 0 saturated carbocycles. The van der Waals surface area contributed by atoms with Gasteiger partial charge in [-0.15, -0.1) is 0 Å². The molecule has 2 aromatic rings. The standard InChI is InChI=1S/C15H20N4O3/c1-3-12-8-13(19-18-12)15(20)17-10-11-4-5-14(16-9-11)22-7-6-21-2/h4-5,8-9H,3,6-7,10H2,1-2H3,(H,17,20)(H,18,19). The summed E-state index contributed by atoms with van der Waals surface area (Å²) in [6.45, 7) is 3.36. The topological polar surface area (TPSA) is 89.1 Å². The van der Waals surface area contributed by atoms with Gasteiger partial charge in [0.2, 0.25) is 5.88 Å². The molecule has 0 aromatic carbocycles. The van der Waals surface area contributed by atoms with Gasteiger partial charge >= 0.3 is 0 Å². The molecule has 0 bridgehead atoms. The molecule has 0 unspecified atom stereocenters. The summed E-state index contributed by atoms with van der Waals surface area (Å²) in [5.74, 6) is 0.323. The van der Waals surface area contributed by atoms with Crippen molar-refractivity contribution in [2.75, 3.05) is 20.3 Å². The Labute approximate surface area is 129 Å². The molecule has 0 saturated heterocycles. The van der Waals surface area contributed by atoms with Crippen LogP contribution in [0.3, 0.4) is 0 Å². The van der Waals surface area contributed by atoms with Gasteiger partial charge in [-0.1, -0.05) is 13.0 Å². The summed E-state index contributed by atoms with van der Waals surface area (Å²) < 4.78 is 10.3. The zero-order valence-corrected chi connectivity index (χ0v) is 12.8. The Morgan fingerprint density at radius 2 is 2.23 bits per heavy atom. The third-order valence-electron chi connectivity index (χ3n) is 3.03. The van der Waals surface area contributed by atoms with Gasteiger partial charge in [0.15, 0.2) is 0 Å². The molecule has 7 nitrogen and oxygen atoms in total. The molecule has 2 rings (SSSR count). The Bertz CT molecular complexity index is 595. The van der Waals surface area contributed by atoms with Crippen LogP contribution in [0.15, 0.2) is 24.4 Å². The van der Waals surface area contributed by atoms with E-state index in [2.05, 4.69) is 20.5 Å². The third-order valence-corrected chi connectivity index (χ3v) is 3.03. The van der Waals surface area contributed by atoms with Crippen LogP contribution < -0.4 is 10.1 Å². The number of nitrogens with zero attached hydrogens (tertiary/aromatic N) is 2. The molecular weight excluding hydrogens is 284 g/mol. The molecule has 2 heterocycles. The molecular formula is C15H20N4O3. The van der Waals surface area contributed by atoms with E-state index in [1.54, 1.807) is 25.4 Å². The van der Waals surface area contributed by atoms with E-state index < -0.39 is 0 Å². The zero-order chi connectivity index (χ0) is 15.8. The molecule has 0 atom stereocenters. The highest BCUT2D eigenvalue weighted by Crippen LogP contribution is 2.08. The van der Waals surface area contributed by atoms with Gasteiger partial charge < -0.3 is 14.8 Å². The lowest BCUT2D eigenvalue weighted by Crippen LogP contribution is -2.23. The molecule has 0 aliphatic heterocycles. The molecule has 22 heavy (non-hydrogen) atoms. The first-order valence-corrected chi connectivity index (χ1v) is 7.12. The fourth-order valence-corrected chi connectivity index (χ4v) is 1.76. The first kappa shape index (κ1) is 16.0. The monoisotopic (exact) mass is 304 g/mol. The highest BCUT2D eigenvalue weighted by atomic mass is 16.5. The minimum absolute atomic E-state index is 0.212. The summed E-state index contributed by atoms with van der Waals surface area (Å²) >= 11 is 0. The van der Waals surface area contributed by atoms with Crippen molar-refractivity contribution in [3.05, 3.63) is 41.3 Å². The molecule has 7 heteroatoms. The second-order valence-corrected chi connectivity index (χ2v) is 4.66. The molecule has 0 aliphatic carbocycles. The number of hydrogen-bond acceptors (Lipinski definition) is 5. The van der Waals surface area contributed by atoms with Gasteiger partial charge in [-0.2, -0.15) is 5.10 Å². The molecule has 2 aromatic heterocycles. The minimum Gasteiger partial charge on any atom is -0.475 e. The van der Waals surface area contributed by atoms with Gasteiger partial charge in [-0.25, -0.2) is 4.98 Å². The number of H-pyrrole nitrogens is 1. The van der Waals surface area contributed by atoms with Gasteiger partial charge in [0.05, 0.1) is 6.61 Å². The Morgan fingerprint density at radius 3 is 2.86 bits per heavy atom. The number of rotatable bonds is 8. The molecule has 0 aliphatic rings. The molecule has 0 fully saturated rings. The van der Waals surface area contributed by atoms with Crippen molar-refractivity contribution < 1.29 is 14.3 Å². The van der Waals surface area contributed by atoms with Crippen LogP contribution >= 0.6 is 0 Å². The maximum absolute atomic E-state index is 11.9. The summed E-state index contributed by atoms with van der Waals surface area (Å²) in [7, 11) is 1.62. The van der Waals surface area contributed by atoms with Crippen LogP contribution in [0.2, 0.25) is 0 Å². The number of pyridine rings is 1. The number of aromatic amines is 1. The largest absolute Gasteiger partial charge is 0.475 e. The van der Waals surface area contributed by atoms with Gasteiger partial charge in [-0.05, 0) is 18.1 Å². The number of hydrogen-bond donors (Lipinski definition) is 2. The zero-order valence-electron chi connectivity index (χ0n) is 12.8. The molecule has 1 amide bonds. The molecule has 0 spiro atoms. The molecule has 2 N–H and O–H groups in total. The average Bonchev–Trinajstić information content (AvgIpc) is 3.03. The Morgan fingerprint density at radius 1 is 1.36 bits per heavy atom. The van der Waals surface area contributed by atoms with Crippen molar-refractivity contribution in [2.24, 2.45) is 0 Å². The fraction of sp³-hybridized carbons (Fsp3) is 0.400. The maximum atomic E-state index is 11.9. The summed E-state index contributed by atoms with van der Waals surface area (Å²) in [5, 5.41) is 9.59. The number of carbonyl (C=O) groups excluding carboxylic acids is 1. The van der Waals surface area contributed by atoms with Crippen molar-refractivity contribution in [3.8, 4) is 5.88 Å². The van der Waals surface area contributed by atoms with Crippen LogP contribution in [0.5, 0.6) is 5.88 Å². The summed E-state index contributed by atoms with van der Waals surface area (Å²) in [5.41, 5.74) is 2.22. The number of methoxy groups -OCH3 is 1. The molecule has 118 valence electrons. The highest BCUT2D eigenvalue weighted by Gasteiger charge is 2.09. The number of aryl methyl sites for hydroxylation is 1. The predicted octanol–water partition coefficient (Wildman–Crippen LogP) is 1.32. The maximum Gasteiger partial charge on any atom is 0.272 e. The minimum atomic E-state index is -0.212. The van der Waals surface area contributed by atoms with Gasteiger partial charge in [0, 0.05) is 31.6 Å². The van der Waals surface area contributed by atoms with E-state index in [9.17, 15) is 4.79 Å². The summed E-state index contributed by atoms with van der Waals surface area (Å²) in [6.07, 6.45) is 2.49. The number of amides is 1. The number of carbonyl (C=O) groups is 1. The smallest absolute Gasteiger partial charge is 0.272 e. The molecule has 0 radical (unpaired) electrons. The first-order valence-electron chi connectivity index (χ1n) is 7.12. The van der Waals surface area contributed by atoms with E-state index in [0.29, 0.717) is 31.3 Å². The lowest BCUT2D eigenvalue weighted by molar-refractivity contribution is 0.0946. The van der Waals surface area contributed by atoms with Crippen molar-refractivity contribution in [1.29, 1.82) is 0 Å². The van der Waals surface area contributed by atoms with Crippen LogP contribution in [-0.4, -0.2) is 41.4 Å². The van der Waals surface area contributed by atoms with E-state index in [0.717, 1.165) is 17.7 Å². The Kier molecular flexibility index (Phi) is 5.91. The quantitative estimate of drug-likeness (QED) is 0.718. The predicted molar refractivity (Wildman–Crippen MR) is 80.7 cm³/mol. The van der Waals surface area contributed by atoms with Gasteiger partial charge in [0.25, 0.3) is 5.91 Å². The van der Waals surface area contributed by atoms with Gasteiger partial charge in [0.1, 0.15) is 12.3 Å². The van der Waals surface area contributed by atoms with E-state index in [1.807, 2.05) is 13.0 Å². The normalized spacial score (nSPS) is 10.5. The summed E-state index contributed by atoms with van der Waals surface area (Å²) in [6, 6.07) is 5.37. The average molecular weight is 304 g/mol.